The predicted molar refractivity (Wildman–Crippen MR) is 92.8 cm³/mol. The van der Waals surface area contributed by atoms with Gasteiger partial charge < -0.3 is 5.32 Å². The van der Waals surface area contributed by atoms with Gasteiger partial charge in [0, 0.05) is 13.2 Å². The zero-order chi connectivity index (χ0) is 18.1. The van der Waals surface area contributed by atoms with E-state index in [2.05, 4.69) is 26.8 Å². The second-order valence-electron chi connectivity index (χ2n) is 7.46. The summed E-state index contributed by atoms with van der Waals surface area (Å²) in [5.74, 6) is 0.135. The van der Waals surface area contributed by atoms with Crippen LogP contribution in [0, 0.1) is 17.2 Å². The van der Waals surface area contributed by atoms with Crippen molar-refractivity contribution >= 4 is 5.91 Å². The van der Waals surface area contributed by atoms with E-state index < -0.39 is 5.54 Å². The molecule has 8 heteroatoms. The Kier molecular flexibility index (Phi) is 4.23. The maximum absolute atomic E-state index is 12.7. The lowest BCUT2D eigenvalue weighted by Crippen LogP contribution is -2.35. The zero-order valence-corrected chi connectivity index (χ0v) is 14.9. The van der Waals surface area contributed by atoms with E-state index >= 15 is 0 Å². The van der Waals surface area contributed by atoms with Gasteiger partial charge in [0.05, 0.1) is 18.3 Å². The molecule has 2 fully saturated rings. The molecule has 0 saturated heterocycles. The Morgan fingerprint density at radius 2 is 2.15 bits per heavy atom. The number of aromatic nitrogens is 5. The lowest BCUT2D eigenvalue weighted by molar-refractivity contribution is 0.0905. The monoisotopic (exact) mass is 353 g/mol. The van der Waals surface area contributed by atoms with Crippen molar-refractivity contribution < 1.29 is 4.79 Å². The molecular weight excluding hydrogens is 330 g/mol. The number of carbonyl (C=O) groups is 1. The Morgan fingerprint density at radius 3 is 2.77 bits per heavy atom. The van der Waals surface area contributed by atoms with Crippen molar-refractivity contribution in [2.24, 2.45) is 13.0 Å². The van der Waals surface area contributed by atoms with E-state index in [4.69, 9.17) is 0 Å². The quantitative estimate of drug-likeness (QED) is 0.887. The third-order valence-corrected chi connectivity index (χ3v) is 5.55. The molecule has 0 radical (unpaired) electrons. The molecule has 136 valence electrons. The van der Waals surface area contributed by atoms with E-state index in [0.717, 1.165) is 44.2 Å². The van der Waals surface area contributed by atoms with Crippen molar-refractivity contribution in [3.8, 4) is 6.07 Å². The van der Waals surface area contributed by atoms with Crippen LogP contribution in [-0.4, -0.2) is 30.7 Å². The lowest BCUT2D eigenvalue weighted by Gasteiger charge is -2.29. The highest BCUT2D eigenvalue weighted by molar-refractivity contribution is 5.92. The third kappa shape index (κ3) is 3.09. The van der Waals surface area contributed by atoms with Crippen molar-refractivity contribution in [2.75, 3.05) is 0 Å². The minimum Gasteiger partial charge on any atom is -0.342 e. The number of nitriles is 1. The summed E-state index contributed by atoms with van der Waals surface area (Å²) in [5.41, 5.74) is 0.604. The molecule has 1 atom stereocenters. The van der Waals surface area contributed by atoms with Gasteiger partial charge >= 0.3 is 0 Å². The van der Waals surface area contributed by atoms with E-state index in [1.807, 2.05) is 6.20 Å². The molecule has 0 unspecified atom stereocenters. The van der Waals surface area contributed by atoms with Crippen LogP contribution in [0.1, 0.15) is 67.2 Å². The molecule has 0 bridgehead atoms. The Morgan fingerprint density at radius 1 is 1.38 bits per heavy atom. The number of hydrogen-bond acceptors (Lipinski definition) is 5. The van der Waals surface area contributed by atoms with Gasteiger partial charge in [-0.05, 0) is 37.7 Å². The van der Waals surface area contributed by atoms with Crippen LogP contribution in [-0.2, 0) is 12.6 Å². The van der Waals surface area contributed by atoms with Crippen LogP contribution < -0.4 is 5.32 Å². The number of amides is 1. The molecule has 2 saturated carbocycles. The Labute approximate surface area is 152 Å². The Hall–Kier alpha value is -2.69. The standard InChI is InChI=1S/C18H23N7O/c1-24-10-7-14(22-24)17(26)20-16(13-5-3-2-4-6-13)15-11-25(23-21-15)18(12-19)8-9-18/h7,10-11,13,16H,2-6,8-9H2,1H3,(H,20,26)/t16-/m0/s1. The number of nitrogens with zero attached hydrogens (tertiary/aromatic N) is 6. The number of aryl methyl sites for hydroxylation is 1. The van der Waals surface area contributed by atoms with Crippen LogP contribution in [0.15, 0.2) is 18.5 Å². The van der Waals surface area contributed by atoms with Gasteiger partial charge in [0.1, 0.15) is 11.4 Å². The molecule has 2 heterocycles. The molecule has 8 nitrogen and oxygen atoms in total. The molecule has 0 spiro atoms. The second-order valence-corrected chi connectivity index (χ2v) is 7.46. The normalized spacial score (nSPS) is 20.3. The minimum atomic E-state index is -0.534. The van der Waals surface area contributed by atoms with Gasteiger partial charge in [-0.3, -0.25) is 9.48 Å². The molecule has 1 amide bonds. The van der Waals surface area contributed by atoms with Gasteiger partial charge in [-0.2, -0.15) is 10.4 Å². The van der Waals surface area contributed by atoms with Gasteiger partial charge in [0.25, 0.3) is 5.91 Å². The smallest absolute Gasteiger partial charge is 0.272 e. The molecule has 2 aromatic heterocycles. The van der Waals surface area contributed by atoms with Crippen molar-refractivity contribution in [3.05, 3.63) is 29.8 Å². The van der Waals surface area contributed by atoms with E-state index in [1.54, 1.807) is 28.7 Å². The molecule has 1 N–H and O–H groups in total. The summed E-state index contributed by atoms with van der Waals surface area (Å²) in [7, 11) is 1.79. The maximum Gasteiger partial charge on any atom is 0.272 e. The molecule has 4 rings (SSSR count). The Bertz CT molecular complexity index is 836. The number of carbonyl (C=O) groups excluding carboxylic acids is 1. The van der Waals surface area contributed by atoms with E-state index in [9.17, 15) is 10.1 Å². The first-order valence-corrected chi connectivity index (χ1v) is 9.26. The van der Waals surface area contributed by atoms with Crippen LogP contribution in [0.4, 0.5) is 0 Å². The fraction of sp³-hybridized carbons (Fsp3) is 0.611. The van der Waals surface area contributed by atoms with Gasteiger partial charge in [-0.25, -0.2) is 4.68 Å². The largest absolute Gasteiger partial charge is 0.342 e. The summed E-state index contributed by atoms with van der Waals surface area (Å²) < 4.78 is 3.29. The van der Waals surface area contributed by atoms with Gasteiger partial charge in [0.2, 0.25) is 0 Å². The van der Waals surface area contributed by atoms with Crippen LogP contribution in [0.5, 0.6) is 0 Å². The summed E-state index contributed by atoms with van der Waals surface area (Å²) in [6.45, 7) is 0. The highest BCUT2D eigenvalue weighted by Gasteiger charge is 2.47. The summed E-state index contributed by atoms with van der Waals surface area (Å²) >= 11 is 0. The van der Waals surface area contributed by atoms with E-state index in [-0.39, 0.29) is 11.9 Å². The first-order valence-electron chi connectivity index (χ1n) is 9.26. The van der Waals surface area contributed by atoms with Crippen molar-refractivity contribution in [1.29, 1.82) is 5.26 Å². The topological polar surface area (TPSA) is 101 Å². The molecular formula is C18H23N7O. The average Bonchev–Trinajstić information content (AvgIpc) is 3.09. The lowest BCUT2D eigenvalue weighted by atomic mass is 9.82. The maximum atomic E-state index is 12.7. The highest BCUT2D eigenvalue weighted by atomic mass is 16.2. The second kappa shape index (κ2) is 6.56. The SMILES string of the molecule is Cn1ccc(C(=O)N[C@H](c2cn(C3(C#N)CC3)nn2)C2CCCCC2)n1. The molecule has 26 heavy (non-hydrogen) atoms. The fourth-order valence-electron chi connectivity index (χ4n) is 3.79. The third-order valence-electron chi connectivity index (χ3n) is 5.55. The van der Waals surface area contributed by atoms with Gasteiger partial charge in [-0.1, -0.05) is 24.5 Å². The van der Waals surface area contributed by atoms with Crippen molar-refractivity contribution in [2.45, 2.75) is 56.5 Å². The van der Waals surface area contributed by atoms with Crippen molar-refractivity contribution in [3.63, 3.8) is 0 Å². The van der Waals surface area contributed by atoms with Crippen molar-refractivity contribution in [1.82, 2.24) is 30.1 Å². The van der Waals surface area contributed by atoms with Crippen LogP contribution in [0.3, 0.4) is 0 Å². The number of rotatable bonds is 5. The zero-order valence-electron chi connectivity index (χ0n) is 14.9. The number of nitrogens with one attached hydrogen (secondary N) is 1. The molecule has 0 aliphatic heterocycles. The number of hydrogen-bond donors (Lipinski definition) is 1. The summed E-state index contributed by atoms with van der Waals surface area (Å²) in [6, 6.07) is 3.84. The first kappa shape index (κ1) is 16.8. The van der Waals surface area contributed by atoms with Crippen LogP contribution >= 0.6 is 0 Å². The average molecular weight is 353 g/mol. The van der Waals surface area contributed by atoms with Crippen LogP contribution in [0.25, 0.3) is 0 Å². The minimum absolute atomic E-state index is 0.197. The fourth-order valence-corrected chi connectivity index (χ4v) is 3.79. The van der Waals surface area contributed by atoms with Gasteiger partial charge in [0.15, 0.2) is 5.54 Å². The highest BCUT2D eigenvalue weighted by Crippen LogP contribution is 2.42. The Balaban J connectivity index is 1.58. The molecule has 0 aromatic carbocycles. The summed E-state index contributed by atoms with van der Waals surface area (Å²) in [6.07, 6.45) is 10.9. The summed E-state index contributed by atoms with van der Waals surface area (Å²) in [5, 5.41) is 25.2. The van der Waals surface area contributed by atoms with Crippen LogP contribution in [0.2, 0.25) is 0 Å². The summed E-state index contributed by atoms with van der Waals surface area (Å²) in [4.78, 5) is 12.7. The predicted octanol–water partition coefficient (Wildman–Crippen LogP) is 2.08. The molecule has 2 aromatic rings. The first-order chi connectivity index (χ1) is 12.6. The molecule has 2 aliphatic rings. The van der Waals surface area contributed by atoms with E-state index in [1.165, 1.54) is 6.42 Å². The molecule has 2 aliphatic carbocycles. The van der Waals surface area contributed by atoms with E-state index in [0.29, 0.717) is 11.6 Å². The van der Waals surface area contributed by atoms with Gasteiger partial charge in [-0.15, -0.1) is 5.10 Å².